The van der Waals surface area contributed by atoms with Crippen LogP contribution in [0.5, 0.6) is 0 Å². The summed E-state index contributed by atoms with van der Waals surface area (Å²) in [7, 11) is 0. The Kier molecular flexibility index (Phi) is 4.75. The maximum absolute atomic E-state index is 11.2. The van der Waals surface area contributed by atoms with Gasteiger partial charge in [-0.15, -0.1) is 0 Å². The van der Waals surface area contributed by atoms with E-state index in [0.717, 1.165) is 16.5 Å². The normalized spacial score (nSPS) is 12.1. The van der Waals surface area contributed by atoms with Crippen LogP contribution >= 0.6 is 12.2 Å². The lowest BCUT2D eigenvalue weighted by Crippen LogP contribution is -2.46. The lowest BCUT2D eigenvalue weighted by atomic mass is 10.1. The molecule has 2 aromatic rings. The van der Waals surface area contributed by atoms with Crippen molar-refractivity contribution in [1.29, 1.82) is 0 Å². The topological polar surface area (TPSA) is 61.4 Å². The van der Waals surface area contributed by atoms with Crippen LogP contribution in [0.25, 0.3) is 10.8 Å². The maximum atomic E-state index is 11.2. The van der Waals surface area contributed by atoms with Gasteiger partial charge >= 0.3 is 5.97 Å². The summed E-state index contributed by atoms with van der Waals surface area (Å²) >= 11 is 5.23. The molecule has 0 heterocycles. The lowest BCUT2D eigenvalue weighted by molar-refractivity contribution is -0.140. The van der Waals surface area contributed by atoms with Gasteiger partial charge in [-0.3, -0.25) is 0 Å². The molecule has 0 amide bonds. The Hall–Kier alpha value is -2.14. The fourth-order valence-corrected chi connectivity index (χ4v) is 2.38. The maximum Gasteiger partial charge on any atom is 0.326 e. The van der Waals surface area contributed by atoms with Crippen LogP contribution in [0.4, 0.5) is 5.69 Å². The number of benzene rings is 2. The summed E-state index contributed by atoms with van der Waals surface area (Å²) in [6, 6.07) is 13.1. The van der Waals surface area contributed by atoms with E-state index in [0.29, 0.717) is 5.11 Å². The monoisotopic (exact) mass is 302 g/mol. The largest absolute Gasteiger partial charge is 0.480 e. The Balaban J connectivity index is 2.17. The van der Waals surface area contributed by atoms with Crippen LogP contribution in [0.1, 0.15) is 13.8 Å². The van der Waals surface area contributed by atoms with Gasteiger partial charge in [0.2, 0.25) is 0 Å². The number of rotatable bonds is 4. The van der Waals surface area contributed by atoms with E-state index >= 15 is 0 Å². The first-order chi connectivity index (χ1) is 9.99. The van der Waals surface area contributed by atoms with Crippen LogP contribution in [-0.2, 0) is 4.79 Å². The molecule has 3 N–H and O–H groups in total. The summed E-state index contributed by atoms with van der Waals surface area (Å²) in [6.07, 6.45) is 0. The number of fused-ring (bicyclic) bond motifs is 1. The molecule has 2 aromatic carbocycles. The van der Waals surface area contributed by atoms with Crippen molar-refractivity contribution in [1.82, 2.24) is 5.32 Å². The first-order valence-corrected chi connectivity index (χ1v) is 7.18. The quantitative estimate of drug-likeness (QED) is 0.757. The number of aliphatic carboxylic acids is 1. The Morgan fingerprint density at radius 2 is 1.81 bits per heavy atom. The molecule has 110 valence electrons. The molecule has 0 spiro atoms. The molecule has 0 aromatic heterocycles. The van der Waals surface area contributed by atoms with Gasteiger partial charge < -0.3 is 15.7 Å². The molecule has 0 radical (unpaired) electrons. The van der Waals surface area contributed by atoms with E-state index in [2.05, 4.69) is 10.6 Å². The Morgan fingerprint density at radius 3 is 2.48 bits per heavy atom. The van der Waals surface area contributed by atoms with E-state index in [1.807, 2.05) is 56.3 Å². The highest BCUT2D eigenvalue weighted by atomic mass is 32.1. The summed E-state index contributed by atoms with van der Waals surface area (Å²) in [4.78, 5) is 11.2. The smallest absolute Gasteiger partial charge is 0.326 e. The molecule has 0 aliphatic carbocycles. The third-order valence-corrected chi connectivity index (χ3v) is 3.48. The molecule has 0 saturated carbocycles. The highest BCUT2D eigenvalue weighted by Gasteiger charge is 2.22. The van der Waals surface area contributed by atoms with Gasteiger partial charge in [0.1, 0.15) is 6.04 Å². The number of carboxylic acids is 1. The molecule has 2 rings (SSSR count). The van der Waals surface area contributed by atoms with Crippen molar-refractivity contribution in [2.45, 2.75) is 19.9 Å². The summed E-state index contributed by atoms with van der Waals surface area (Å²) in [5.74, 6) is -0.971. The van der Waals surface area contributed by atoms with E-state index < -0.39 is 12.0 Å². The number of carboxylic acid groups (broad SMARTS) is 1. The molecular weight excluding hydrogens is 284 g/mol. The predicted octanol–water partition coefficient (Wildman–Crippen LogP) is 3.24. The van der Waals surface area contributed by atoms with Crippen LogP contribution in [-0.4, -0.2) is 22.2 Å². The van der Waals surface area contributed by atoms with Crippen molar-refractivity contribution in [2.24, 2.45) is 5.92 Å². The predicted molar refractivity (Wildman–Crippen MR) is 89.6 cm³/mol. The van der Waals surface area contributed by atoms with Gasteiger partial charge in [0.05, 0.1) is 0 Å². The number of anilines is 1. The fraction of sp³-hybridized carbons (Fsp3) is 0.250. The number of thiocarbonyl (C=S) groups is 1. The van der Waals surface area contributed by atoms with E-state index in [1.165, 1.54) is 0 Å². The number of hydrogen-bond donors (Lipinski definition) is 3. The van der Waals surface area contributed by atoms with Gasteiger partial charge in [-0.2, -0.15) is 0 Å². The van der Waals surface area contributed by atoms with E-state index in [4.69, 9.17) is 12.2 Å². The zero-order valence-corrected chi connectivity index (χ0v) is 12.8. The Labute approximate surface area is 129 Å². The first-order valence-electron chi connectivity index (χ1n) is 6.77. The third-order valence-electron chi connectivity index (χ3n) is 3.26. The number of hydrogen-bond acceptors (Lipinski definition) is 2. The van der Waals surface area contributed by atoms with Crippen molar-refractivity contribution in [3.63, 3.8) is 0 Å². The molecule has 1 atom stereocenters. The second kappa shape index (κ2) is 6.54. The zero-order valence-electron chi connectivity index (χ0n) is 12.0. The minimum Gasteiger partial charge on any atom is -0.480 e. The van der Waals surface area contributed by atoms with Crippen LogP contribution in [0.3, 0.4) is 0 Å². The van der Waals surface area contributed by atoms with Crippen LogP contribution in [0, 0.1) is 5.92 Å². The molecule has 21 heavy (non-hydrogen) atoms. The second-order valence-electron chi connectivity index (χ2n) is 5.19. The lowest BCUT2D eigenvalue weighted by Gasteiger charge is -2.20. The summed E-state index contributed by atoms with van der Waals surface area (Å²) in [5, 5.41) is 17.6. The van der Waals surface area contributed by atoms with Crippen LogP contribution in [0.2, 0.25) is 0 Å². The molecule has 4 nitrogen and oxygen atoms in total. The van der Waals surface area contributed by atoms with Gasteiger partial charge in [0.15, 0.2) is 5.11 Å². The standard InChI is InChI=1S/C16H18N2O2S/c1-10(2)14(15(19)20)18-16(21)17-13-9-5-7-11-6-3-4-8-12(11)13/h3-10,14H,1-2H3,(H,19,20)(H2,17,18,21)/t14-/m0/s1. The minimum absolute atomic E-state index is 0.0604. The summed E-state index contributed by atoms with van der Waals surface area (Å²) < 4.78 is 0. The average Bonchev–Trinajstić information content (AvgIpc) is 2.44. The zero-order chi connectivity index (χ0) is 15.4. The molecule has 0 fully saturated rings. The van der Waals surface area contributed by atoms with Crippen LogP contribution in [0.15, 0.2) is 42.5 Å². The minimum atomic E-state index is -0.910. The molecule has 0 saturated heterocycles. The van der Waals surface area contributed by atoms with Gasteiger partial charge in [-0.1, -0.05) is 50.2 Å². The SMILES string of the molecule is CC(C)[C@H](NC(=S)Nc1cccc2ccccc12)C(=O)O. The van der Waals surface area contributed by atoms with E-state index in [9.17, 15) is 9.90 Å². The second-order valence-corrected chi connectivity index (χ2v) is 5.59. The highest BCUT2D eigenvalue weighted by Crippen LogP contribution is 2.22. The molecular formula is C16H18N2O2S. The number of carbonyl (C=O) groups is 1. The average molecular weight is 302 g/mol. The Morgan fingerprint density at radius 1 is 1.14 bits per heavy atom. The third kappa shape index (κ3) is 3.70. The van der Waals surface area contributed by atoms with Crippen molar-refractivity contribution in [2.75, 3.05) is 5.32 Å². The molecule has 0 aliphatic rings. The summed E-state index contributed by atoms with van der Waals surface area (Å²) in [5.41, 5.74) is 0.860. The number of nitrogens with one attached hydrogen (secondary N) is 2. The Bertz CT molecular complexity index is 665. The van der Waals surface area contributed by atoms with Gasteiger partial charge in [0, 0.05) is 11.1 Å². The van der Waals surface area contributed by atoms with E-state index in [1.54, 1.807) is 0 Å². The van der Waals surface area contributed by atoms with E-state index in [-0.39, 0.29) is 5.92 Å². The highest BCUT2D eigenvalue weighted by molar-refractivity contribution is 7.80. The van der Waals surface area contributed by atoms with Crippen LogP contribution < -0.4 is 10.6 Å². The first kappa shape index (κ1) is 15.3. The molecule has 5 heteroatoms. The van der Waals surface area contributed by atoms with Crippen molar-refractivity contribution in [3.8, 4) is 0 Å². The van der Waals surface area contributed by atoms with Gasteiger partial charge in [-0.25, -0.2) is 4.79 Å². The summed E-state index contributed by atoms with van der Waals surface area (Å²) in [6.45, 7) is 3.68. The van der Waals surface area contributed by atoms with Crippen molar-refractivity contribution in [3.05, 3.63) is 42.5 Å². The van der Waals surface area contributed by atoms with Gasteiger partial charge in [0.25, 0.3) is 0 Å². The fourth-order valence-electron chi connectivity index (χ4n) is 2.15. The molecule has 0 aliphatic heterocycles. The van der Waals surface area contributed by atoms with Crippen molar-refractivity contribution < 1.29 is 9.90 Å². The molecule has 0 unspecified atom stereocenters. The van der Waals surface area contributed by atoms with Gasteiger partial charge in [-0.05, 0) is 29.6 Å². The van der Waals surface area contributed by atoms with Crippen molar-refractivity contribution >= 4 is 39.8 Å². The molecule has 0 bridgehead atoms.